The van der Waals surface area contributed by atoms with Gasteiger partial charge in [0.2, 0.25) is 0 Å². The summed E-state index contributed by atoms with van der Waals surface area (Å²) in [4.78, 5) is 4.44. The second-order valence-corrected chi connectivity index (χ2v) is 6.78. The van der Waals surface area contributed by atoms with Crippen molar-refractivity contribution >= 4 is 23.1 Å². The predicted octanol–water partition coefficient (Wildman–Crippen LogP) is 6.22. The number of hydrogen-bond donors (Lipinski definition) is 0. The normalized spacial score (nSPS) is 10.9. The molecule has 31 heavy (non-hydrogen) atoms. The molecule has 5 nitrogen and oxygen atoms in total. The van der Waals surface area contributed by atoms with Gasteiger partial charge in [0.25, 0.3) is 0 Å². The summed E-state index contributed by atoms with van der Waals surface area (Å²) < 4.78 is 22.6. The zero-order valence-corrected chi connectivity index (χ0v) is 17.7. The van der Waals surface area contributed by atoms with Crippen LogP contribution in [0.25, 0.3) is 23.1 Å². The number of ether oxygens (including phenoxy) is 4. The molecule has 0 N–H and O–H groups in total. The van der Waals surface area contributed by atoms with Crippen molar-refractivity contribution in [3.05, 3.63) is 84.1 Å². The van der Waals surface area contributed by atoms with Crippen molar-refractivity contribution in [2.45, 2.75) is 0 Å². The van der Waals surface area contributed by atoms with E-state index in [1.807, 2.05) is 78.9 Å². The lowest BCUT2D eigenvalue weighted by molar-refractivity contribution is 0.355. The zero-order valence-electron chi connectivity index (χ0n) is 17.7. The average Bonchev–Trinajstić information content (AvgIpc) is 2.83. The van der Waals surface area contributed by atoms with Crippen LogP contribution in [0.1, 0.15) is 11.1 Å². The van der Waals surface area contributed by atoms with Crippen LogP contribution in [0.5, 0.6) is 28.7 Å². The van der Waals surface area contributed by atoms with Crippen molar-refractivity contribution in [1.29, 1.82) is 0 Å². The van der Waals surface area contributed by atoms with Gasteiger partial charge in [-0.15, -0.1) is 0 Å². The highest BCUT2D eigenvalue weighted by Crippen LogP contribution is 2.38. The standard InChI is InChI=1S/C26H23NO4/c1-28-20-11-12-23(19(15-20)10-9-18-7-5-4-6-8-18)31-24-13-14-27-22-17-26(30-3)25(29-2)16-21(22)24/h4-17H,1-3H3/b10-9+. The van der Waals surface area contributed by atoms with Gasteiger partial charge in [-0.25, -0.2) is 0 Å². The Balaban J connectivity index is 1.75. The van der Waals surface area contributed by atoms with E-state index in [-0.39, 0.29) is 0 Å². The van der Waals surface area contributed by atoms with Gasteiger partial charge in [0, 0.05) is 23.2 Å². The Kier molecular flexibility index (Phi) is 6.03. The van der Waals surface area contributed by atoms with E-state index in [0.29, 0.717) is 23.0 Å². The van der Waals surface area contributed by atoms with Crippen molar-refractivity contribution in [2.24, 2.45) is 0 Å². The van der Waals surface area contributed by atoms with E-state index >= 15 is 0 Å². The first-order valence-electron chi connectivity index (χ1n) is 9.81. The molecule has 0 fully saturated rings. The molecule has 0 unspecified atom stereocenters. The van der Waals surface area contributed by atoms with E-state index in [0.717, 1.165) is 27.8 Å². The Morgan fingerprint density at radius 3 is 2.19 bits per heavy atom. The second kappa shape index (κ2) is 9.22. The van der Waals surface area contributed by atoms with Crippen LogP contribution in [-0.2, 0) is 0 Å². The fourth-order valence-corrected chi connectivity index (χ4v) is 3.28. The Morgan fingerprint density at radius 1 is 0.677 bits per heavy atom. The van der Waals surface area contributed by atoms with Gasteiger partial charge in [-0.2, -0.15) is 0 Å². The minimum absolute atomic E-state index is 0.617. The number of rotatable bonds is 7. The summed E-state index contributed by atoms with van der Waals surface area (Å²) >= 11 is 0. The first-order chi connectivity index (χ1) is 15.2. The van der Waals surface area contributed by atoms with E-state index in [4.69, 9.17) is 18.9 Å². The predicted molar refractivity (Wildman–Crippen MR) is 123 cm³/mol. The number of fused-ring (bicyclic) bond motifs is 1. The lowest BCUT2D eigenvalue weighted by Gasteiger charge is -2.14. The summed E-state index contributed by atoms with van der Waals surface area (Å²) in [6, 6.07) is 21.4. The third-order valence-corrected chi connectivity index (χ3v) is 4.90. The number of hydrogen-bond acceptors (Lipinski definition) is 5. The van der Waals surface area contributed by atoms with Gasteiger partial charge in [-0.1, -0.05) is 42.5 Å². The van der Waals surface area contributed by atoms with Crippen molar-refractivity contribution < 1.29 is 18.9 Å². The van der Waals surface area contributed by atoms with Crippen molar-refractivity contribution in [2.75, 3.05) is 21.3 Å². The summed E-state index contributed by atoms with van der Waals surface area (Å²) in [7, 11) is 4.86. The molecule has 0 aliphatic heterocycles. The molecule has 0 atom stereocenters. The number of pyridine rings is 1. The van der Waals surface area contributed by atoms with Gasteiger partial charge >= 0.3 is 0 Å². The first kappa shape index (κ1) is 20.3. The Morgan fingerprint density at radius 2 is 1.45 bits per heavy atom. The molecule has 0 saturated carbocycles. The smallest absolute Gasteiger partial charge is 0.162 e. The van der Waals surface area contributed by atoms with Gasteiger partial charge in [0.1, 0.15) is 17.2 Å². The molecule has 4 rings (SSSR count). The van der Waals surface area contributed by atoms with Crippen LogP contribution in [0.2, 0.25) is 0 Å². The zero-order chi connectivity index (χ0) is 21.6. The highest BCUT2D eigenvalue weighted by atomic mass is 16.5. The van der Waals surface area contributed by atoms with Crippen LogP contribution < -0.4 is 18.9 Å². The summed E-state index contributed by atoms with van der Waals surface area (Å²) in [5.41, 5.74) is 2.75. The molecule has 1 aromatic heterocycles. The van der Waals surface area contributed by atoms with Crippen molar-refractivity contribution in [1.82, 2.24) is 4.98 Å². The van der Waals surface area contributed by atoms with Crippen LogP contribution in [0.3, 0.4) is 0 Å². The van der Waals surface area contributed by atoms with Gasteiger partial charge in [-0.3, -0.25) is 4.98 Å². The monoisotopic (exact) mass is 413 g/mol. The lowest BCUT2D eigenvalue weighted by atomic mass is 10.1. The van der Waals surface area contributed by atoms with E-state index < -0.39 is 0 Å². The second-order valence-electron chi connectivity index (χ2n) is 6.78. The minimum Gasteiger partial charge on any atom is -0.497 e. The molecule has 156 valence electrons. The molecule has 0 saturated heterocycles. The summed E-state index contributed by atoms with van der Waals surface area (Å²) in [5, 5.41) is 0.828. The number of benzene rings is 3. The average molecular weight is 413 g/mol. The van der Waals surface area contributed by atoms with Crippen molar-refractivity contribution in [3.63, 3.8) is 0 Å². The van der Waals surface area contributed by atoms with E-state index in [1.165, 1.54) is 0 Å². The molecule has 3 aromatic carbocycles. The quantitative estimate of drug-likeness (QED) is 0.337. The van der Waals surface area contributed by atoms with Gasteiger partial charge in [0.05, 0.1) is 26.8 Å². The van der Waals surface area contributed by atoms with Crippen LogP contribution in [0.4, 0.5) is 0 Å². The molecule has 4 aromatic rings. The third-order valence-electron chi connectivity index (χ3n) is 4.90. The SMILES string of the molecule is COc1ccc(Oc2ccnc3cc(OC)c(OC)cc23)c(/C=C/c2ccccc2)c1. The summed E-state index contributed by atoms with van der Waals surface area (Å²) in [6.07, 6.45) is 5.77. The molecule has 0 bridgehead atoms. The topological polar surface area (TPSA) is 49.8 Å². The number of nitrogens with zero attached hydrogens (tertiary/aromatic N) is 1. The van der Waals surface area contributed by atoms with E-state index in [9.17, 15) is 0 Å². The lowest BCUT2D eigenvalue weighted by Crippen LogP contribution is -1.94. The maximum Gasteiger partial charge on any atom is 0.162 e. The third kappa shape index (κ3) is 4.46. The number of aromatic nitrogens is 1. The molecular weight excluding hydrogens is 390 g/mol. The summed E-state index contributed by atoms with van der Waals surface area (Å²) in [5.74, 6) is 3.37. The van der Waals surface area contributed by atoms with E-state index in [2.05, 4.69) is 4.98 Å². The van der Waals surface area contributed by atoms with Gasteiger partial charge in [0.15, 0.2) is 11.5 Å². The fourth-order valence-electron chi connectivity index (χ4n) is 3.28. The molecule has 5 heteroatoms. The minimum atomic E-state index is 0.617. The molecule has 0 spiro atoms. The van der Waals surface area contributed by atoms with Gasteiger partial charge in [-0.05, 0) is 35.9 Å². The van der Waals surface area contributed by atoms with Crippen LogP contribution >= 0.6 is 0 Å². The van der Waals surface area contributed by atoms with Crippen LogP contribution in [0.15, 0.2) is 72.9 Å². The van der Waals surface area contributed by atoms with Crippen molar-refractivity contribution in [3.8, 4) is 28.7 Å². The molecule has 0 aliphatic rings. The molecule has 0 amide bonds. The Bertz CT molecular complexity index is 1220. The fraction of sp³-hybridized carbons (Fsp3) is 0.115. The van der Waals surface area contributed by atoms with Crippen LogP contribution in [0, 0.1) is 0 Å². The van der Waals surface area contributed by atoms with E-state index in [1.54, 1.807) is 27.5 Å². The maximum atomic E-state index is 6.34. The van der Waals surface area contributed by atoms with Crippen LogP contribution in [-0.4, -0.2) is 26.3 Å². The molecular formula is C26H23NO4. The highest BCUT2D eigenvalue weighted by molar-refractivity contribution is 5.88. The molecule has 0 radical (unpaired) electrons. The first-order valence-corrected chi connectivity index (χ1v) is 9.81. The summed E-state index contributed by atoms with van der Waals surface area (Å²) in [6.45, 7) is 0. The Labute approximate surface area is 181 Å². The molecule has 0 aliphatic carbocycles. The highest BCUT2D eigenvalue weighted by Gasteiger charge is 2.13. The van der Waals surface area contributed by atoms with Gasteiger partial charge < -0.3 is 18.9 Å². The Hall–Kier alpha value is -3.99. The largest absolute Gasteiger partial charge is 0.497 e. The molecule has 1 heterocycles. The number of methoxy groups -OCH3 is 3. The maximum absolute atomic E-state index is 6.34.